The zero-order valence-electron chi connectivity index (χ0n) is 34.1. The van der Waals surface area contributed by atoms with Crippen LogP contribution in [-0.2, 0) is 5.79 Å². The van der Waals surface area contributed by atoms with E-state index in [0.717, 1.165) is 38.2 Å². The van der Waals surface area contributed by atoms with Gasteiger partial charge in [0.1, 0.15) is 94.2 Å². The molecule has 0 saturated heterocycles. The maximum Gasteiger partial charge on any atom is 0.236 e. The third-order valence-corrected chi connectivity index (χ3v) is 12.0. The van der Waals surface area contributed by atoms with Gasteiger partial charge in [0.2, 0.25) is 5.79 Å². The van der Waals surface area contributed by atoms with Crippen molar-refractivity contribution in [2.75, 3.05) is 0 Å². The number of nitrogens with zero attached hydrogens (tertiary/aromatic N) is 2. The monoisotopic (exact) mass is 794 g/mol. The highest BCUT2D eigenvalue weighted by atomic mass is 16.5. The topological polar surface area (TPSA) is 78.5 Å². The van der Waals surface area contributed by atoms with E-state index in [9.17, 15) is 15.3 Å². The zero-order chi connectivity index (χ0) is 45.7. The first-order valence-corrected chi connectivity index (χ1v) is 19.8. The average molecular weight is 792 g/mol. The molecule has 274 valence electrons. The first-order chi connectivity index (χ1) is 30.3. The fourth-order valence-corrected chi connectivity index (χ4v) is 8.63. The van der Waals surface area contributed by atoms with Gasteiger partial charge in [-0.15, -0.1) is 32.8 Å². The minimum absolute atomic E-state index is 0.0594. The van der Waals surface area contributed by atoms with Crippen LogP contribution in [0.5, 0.6) is 0 Å². The molecule has 0 fully saturated rings. The number of fused-ring (bicyclic) bond motifs is 3. The Morgan fingerprint density at radius 2 is 0.766 bits per heavy atom. The van der Waals surface area contributed by atoms with Gasteiger partial charge >= 0.3 is 0 Å². The number of hydrogen-bond acceptors (Lipinski definition) is 4. The molecule has 64 heavy (non-hydrogen) atoms. The fraction of sp³-hybridized carbons (Fsp3) is 0.0426. The summed E-state index contributed by atoms with van der Waals surface area (Å²) in [5.74, 6) is -3.56. The molecular weight excluding hydrogens is 770 g/mol. The van der Waals surface area contributed by atoms with E-state index in [2.05, 4.69) is 4.98 Å². The molecule has 0 aliphatic rings. The molecule has 0 spiro atoms. The molecule has 0 saturated carbocycles. The number of aromatic nitrogens is 2. The molecule has 17 heteroatoms. The van der Waals surface area contributed by atoms with Crippen molar-refractivity contribution in [3.8, 4) is 50.2 Å². The highest BCUT2D eigenvalue weighted by Crippen LogP contribution is 2.45. The standard InChI is InChI=1S/C47H22B12N2O3/c48-35-33(36(49)40(53)43(56)39(35)52)22-16-21(17-23(18-22)34-37(50)41(54)44(57)42(55)38(34)51)32-27-12-3-1-10-25(27)31(26-11-2-4-13-28(26)32)20-8-7-9-24(19-20)61-30-15-6-5-14-29(30)60-45(61)46(62,63)47(58,59)64/h1-19,62-64H. The van der Waals surface area contributed by atoms with Crippen molar-refractivity contribution in [3.63, 3.8) is 0 Å². The lowest BCUT2D eigenvalue weighted by Crippen LogP contribution is -2.55. The van der Waals surface area contributed by atoms with E-state index in [4.69, 9.17) is 94.2 Å². The Morgan fingerprint density at radius 1 is 0.391 bits per heavy atom. The Hall–Kier alpha value is -5.59. The summed E-state index contributed by atoms with van der Waals surface area (Å²) in [6.45, 7) is 0. The maximum atomic E-state index is 11.2. The van der Waals surface area contributed by atoms with Gasteiger partial charge in [0, 0.05) is 11.1 Å². The normalized spacial score (nSPS) is 12.1. The average Bonchev–Trinajstić information content (AvgIpc) is 3.68. The van der Waals surface area contributed by atoms with E-state index in [0.29, 0.717) is 44.5 Å². The Labute approximate surface area is 386 Å². The zero-order valence-corrected chi connectivity index (χ0v) is 34.1. The summed E-state index contributed by atoms with van der Waals surface area (Å²) in [7, 11) is 76.2. The second kappa shape index (κ2) is 15.8. The Bertz CT molecular complexity index is 3230. The Balaban J connectivity index is 1.36. The predicted molar refractivity (Wildman–Crippen MR) is 274 cm³/mol. The van der Waals surface area contributed by atoms with Crippen molar-refractivity contribution >= 4 is 181 Å². The molecule has 0 amide bonds. The van der Waals surface area contributed by atoms with Gasteiger partial charge in [0.05, 0.1) is 11.0 Å². The van der Waals surface area contributed by atoms with Crippen LogP contribution in [0, 0.1) is 0 Å². The molecule has 0 unspecified atom stereocenters. The van der Waals surface area contributed by atoms with Gasteiger partial charge in [0.25, 0.3) is 0 Å². The molecule has 0 aliphatic carbocycles. The molecule has 0 atom stereocenters. The summed E-state index contributed by atoms with van der Waals surface area (Å²) < 4.78 is 1.50. The molecule has 1 aromatic heterocycles. The summed E-state index contributed by atoms with van der Waals surface area (Å²) in [5, 5.41) is 33.3. The smallest absolute Gasteiger partial charge is 0.236 e. The van der Waals surface area contributed by atoms with E-state index in [-0.39, 0.29) is 54.6 Å². The number of hydrogen-bond donors (Lipinski definition) is 3. The molecule has 1 heterocycles. The van der Waals surface area contributed by atoms with Crippen LogP contribution in [0.2, 0.25) is 0 Å². The summed E-state index contributed by atoms with van der Waals surface area (Å²) in [6, 6.07) is 35.9. The van der Waals surface area contributed by atoms with Crippen LogP contribution in [-0.4, -0.2) is 124 Å². The molecule has 3 N–H and O–H groups in total. The predicted octanol–water partition coefficient (Wildman–Crippen LogP) is -2.94. The summed E-state index contributed by atoms with van der Waals surface area (Å²) in [4.78, 5) is 4.45. The van der Waals surface area contributed by atoms with Gasteiger partial charge in [-0.2, -0.15) is 0 Å². The number of rotatable bonds is 7. The fourth-order valence-electron chi connectivity index (χ4n) is 8.63. The number of para-hydroxylation sites is 2. The molecule has 5 nitrogen and oxygen atoms in total. The van der Waals surface area contributed by atoms with Crippen molar-refractivity contribution in [2.24, 2.45) is 0 Å². The van der Waals surface area contributed by atoms with E-state index < -0.39 is 17.0 Å². The summed E-state index contributed by atoms with van der Waals surface area (Å²) in [6.07, 6.45) is 0. The van der Waals surface area contributed by atoms with Crippen molar-refractivity contribution < 1.29 is 15.3 Å². The van der Waals surface area contributed by atoms with Crippen LogP contribution in [0.15, 0.2) is 115 Å². The third-order valence-electron chi connectivity index (χ3n) is 12.0. The number of imidazole rings is 1. The van der Waals surface area contributed by atoms with Crippen molar-refractivity contribution in [2.45, 2.75) is 11.2 Å². The lowest BCUT2D eigenvalue weighted by atomic mass is 9.59. The number of aliphatic hydroxyl groups is 3. The lowest BCUT2D eigenvalue weighted by molar-refractivity contribution is -0.231. The highest BCUT2D eigenvalue weighted by molar-refractivity contribution is 6.70. The molecule has 24 radical (unpaired) electrons. The van der Waals surface area contributed by atoms with Crippen LogP contribution in [0.3, 0.4) is 0 Å². The van der Waals surface area contributed by atoms with Crippen LogP contribution < -0.4 is 54.6 Å². The van der Waals surface area contributed by atoms with Crippen LogP contribution in [0.25, 0.3) is 82.8 Å². The summed E-state index contributed by atoms with van der Waals surface area (Å²) in [5.41, 5.74) is 7.04. The second-order valence-corrected chi connectivity index (χ2v) is 15.8. The minimum Gasteiger partial charge on any atom is -0.403 e. The first-order valence-electron chi connectivity index (χ1n) is 19.8. The molecular formula is C47H22B12N2O3. The van der Waals surface area contributed by atoms with E-state index >= 15 is 0 Å². The summed E-state index contributed by atoms with van der Waals surface area (Å²) >= 11 is 0. The van der Waals surface area contributed by atoms with Gasteiger partial charge in [-0.3, -0.25) is 4.57 Å². The van der Waals surface area contributed by atoms with Gasteiger partial charge < -0.3 is 15.3 Å². The number of benzene rings is 8. The van der Waals surface area contributed by atoms with E-state index in [1.807, 2.05) is 78.9 Å². The third kappa shape index (κ3) is 6.73. The molecule has 0 bridgehead atoms. The van der Waals surface area contributed by atoms with E-state index in [1.165, 1.54) is 4.57 Å². The molecule has 9 aromatic rings. The SMILES string of the molecule is [B]c1c([B])c([B])c(-c2cc(-c3c([B])c([B])c([B])c([B])c3[B])cc(-c3c4ccccc4c(-c4cccc(-n5c(C(O)(O)C([B])([B])O)nc6ccccc65)c4)c4ccccc34)c2)c([B])c1[B]. The van der Waals surface area contributed by atoms with Crippen LogP contribution >= 0.6 is 0 Å². The Morgan fingerprint density at radius 3 is 1.20 bits per heavy atom. The minimum atomic E-state index is -3.17. The van der Waals surface area contributed by atoms with Crippen LogP contribution in [0.1, 0.15) is 5.82 Å². The Kier molecular flexibility index (Phi) is 10.8. The van der Waals surface area contributed by atoms with E-state index in [1.54, 1.807) is 36.4 Å². The van der Waals surface area contributed by atoms with Crippen molar-refractivity contribution in [3.05, 3.63) is 121 Å². The quantitative estimate of drug-likeness (QED) is 0.0919. The first kappa shape index (κ1) is 43.7. The molecule has 9 rings (SSSR count). The highest BCUT2D eigenvalue weighted by Gasteiger charge is 2.45. The lowest BCUT2D eigenvalue weighted by Gasteiger charge is -2.34. The van der Waals surface area contributed by atoms with Crippen molar-refractivity contribution in [1.82, 2.24) is 9.55 Å². The van der Waals surface area contributed by atoms with Gasteiger partial charge in [-0.25, -0.2) is 4.98 Å². The molecule has 8 aromatic carbocycles. The largest absolute Gasteiger partial charge is 0.403 e. The van der Waals surface area contributed by atoms with Gasteiger partial charge in [-0.1, -0.05) is 94.6 Å². The van der Waals surface area contributed by atoms with Crippen LogP contribution in [0.4, 0.5) is 0 Å². The van der Waals surface area contributed by atoms with Crippen molar-refractivity contribution in [1.29, 1.82) is 0 Å². The van der Waals surface area contributed by atoms with Gasteiger partial charge in [0.15, 0.2) is 5.82 Å². The van der Waals surface area contributed by atoms with Gasteiger partial charge in [-0.05, 0) is 109 Å². The second-order valence-electron chi connectivity index (χ2n) is 15.8. The molecule has 0 aliphatic heterocycles. The maximum absolute atomic E-state index is 11.2.